The average Bonchev–Trinajstić information content (AvgIpc) is 2.86. The van der Waals surface area contributed by atoms with Gasteiger partial charge in [0.2, 0.25) is 0 Å². The van der Waals surface area contributed by atoms with Gasteiger partial charge in [-0.05, 0) is 23.8 Å². The third kappa shape index (κ3) is 1.21. The van der Waals surface area contributed by atoms with E-state index in [0.717, 1.165) is 30.0 Å². The fraction of sp³-hybridized carbons (Fsp3) is 0.182. The van der Waals surface area contributed by atoms with Gasteiger partial charge in [-0.1, -0.05) is 0 Å². The van der Waals surface area contributed by atoms with Crippen LogP contribution in [-0.4, -0.2) is 16.3 Å². The van der Waals surface area contributed by atoms with Crippen LogP contribution < -0.4 is 16.3 Å². The molecule has 4 N–H and O–H groups in total. The van der Waals surface area contributed by atoms with Crippen LogP contribution in [0.1, 0.15) is 5.56 Å². The zero-order chi connectivity index (χ0) is 11.1. The molecule has 0 spiro atoms. The Bertz CT molecular complexity index is 547. The smallest absolute Gasteiger partial charge is 0.150 e. The van der Waals surface area contributed by atoms with Gasteiger partial charge in [0.05, 0.1) is 6.61 Å². The van der Waals surface area contributed by atoms with E-state index in [9.17, 15) is 0 Å². The molecule has 1 aromatic carbocycles. The van der Waals surface area contributed by atoms with Crippen molar-refractivity contribution in [1.29, 1.82) is 0 Å². The van der Waals surface area contributed by atoms with E-state index >= 15 is 0 Å². The number of fused-ring (bicyclic) bond motifs is 1. The van der Waals surface area contributed by atoms with E-state index < -0.39 is 0 Å². The van der Waals surface area contributed by atoms with Crippen LogP contribution in [-0.2, 0) is 6.42 Å². The molecular formula is C11H12N4O. The summed E-state index contributed by atoms with van der Waals surface area (Å²) < 4.78 is 6.76. The van der Waals surface area contributed by atoms with Crippen LogP contribution >= 0.6 is 0 Å². The van der Waals surface area contributed by atoms with E-state index in [4.69, 9.17) is 16.3 Å². The second kappa shape index (κ2) is 3.16. The van der Waals surface area contributed by atoms with Gasteiger partial charge in [0.15, 0.2) is 0 Å². The Morgan fingerprint density at radius 1 is 1.38 bits per heavy atom. The lowest BCUT2D eigenvalue weighted by molar-refractivity contribution is 0.357. The highest BCUT2D eigenvalue weighted by Gasteiger charge is 2.15. The maximum absolute atomic E-state index is 5.82. The fourth-order valence-electron chi connectivity index (χ4n) is 1.93. The molecule has 0 radical (unpaired) electrons. The summed E-state index contributed by atoms with van der Waals surface area (Å²) in [6, 6.07) is 5.95. The fourth-order valence-corrected chi connectivity index (χ4v) is 1.93. The Morgan fingerprint density at radius 2 is 2.25 bits per heavy atom. The molecule has 0 bridgehead atoms. The molecule has 0 saturated heterocycles. The maximum atomic E-state index is 5.82. The molecule has 5 nitrogen and oxygen atoms in total. The summed E-state index contributed by atoms with van der Waals surface area (Å²) in [5.74, 6) is 7.02. The van der Waals surface area contributed by atoms with E-state index in [1.54, 1.807) is 0 Å². The van der Waals surface area contributed by atoms with Crippen molar-refractivity contribution >= 4 is 5.82 Å². The summed E-state index contributed by atoms with van der Waals surface area (Å²) in [7, 11) is 0. The monoisotopic (exact) mass is 216 g/mol. The molecule has 82 valence electrons. The minimum absolute atomic E-state index is 0.471. The minimum atomic E-state index is 0.471. The van der Waals surface area contributed by atoms with Crippen molar-refractivity contribution in [3.8, 4) is 17.0 Å². The lowest BCUT2D eigenvalue weighted by atomic mass is 10.1. The quantitative estimate of drug-likeness (QED) is 0.690. The molecule has 16 heavy (non-hydrogen) atoms. The van der Waals surface area contributed by atoms with Crippen molar-refractivity contribution in [2.24, 2.45) is 0 Å². The summed E-state index contributed by atoms with van der Waals surface area (Å²) in [6.45, 7) is 0.750. The standard InChI is InChI=1S/C11H12N4O/c12-11-10(14-6-15(11)13)8-1-2-9-7(5-8)3-4-16-9/h1-2,5-6H,3-4,12-13H2. The number of anilines is 1. The van der Waals surface area contributed by atoms with Crippen molar-refractivity contribution in [3.63, 3.8) is 0 Å². The van der Waals surface area contributed by atoms with Crippen LogP contribution in [0.4, 0.5) is 5.82 Å². The lowest BCUT2D eigenvalue weighted by Crippen LogP contribution is -2.09. The summed E-state index contributed by atoms with van der Waals surface area (Å²) in [6.07, 6.45) is 2.45. The number of hydrogen-bond acceptors (Lipinski definition) is 4. The van der Waals surface area contributed by atoms with Crippen molar-refractivity contribution < 1.29 is 4.74 Å². The summed E-state index contributed by atoms with van der Waals surface area (Å²) >= 11 is 0. The highest BCUT2D eigenvalue weighted by Crippen LogP contribution is 2.31. The van der Waals surface area contributed by atoms with Gasteiger partial charge in [-0.2, -0.15) is 0 Å². The van der Waals surface area contributed by atoms with E-state index in [-0.39, 0.29) is 0 Å². The predicted molar refractivity (Wildman–Crippen MR) is 61.4 cm³/mol. The third-order valence-corrected chi connectivity index (χ3v) is 2.79. The van der Waals surface area contributed by atoms with Gasteiger partial charge in [0, 0.05) is 12.0 Å². The van der Waals surface area contributed by atoms with Gasteiger partial charge in [-0.25, -0.2) is 9.66 Å². The molecule has 0 unspecified atom stereocenters. The number of hydrogen-bond donors (Lipinski definition) is 2. The van der Waals surface area contributed by atoms with Gasteiger partial charge in [0.25, 0.3) is 0 Å². The van der Waals surface area contributed by atoms with Gasteiger partial charge >= 0.3 is 0 Å². The van der Waals surface area contributed by atoms with Gasteiger partial charge < -0.3 is 16.3 Å². The Morgan fingerprint density at radius 3 is 3.00 bits per heavy atom. The molecule has 2 aromatic rings. The van der Waals surface area contributed by atoms with Crippen molar-refractivity contribution in [2.45, 2.75) is 6.42 Å². The first-order valence-electron chi connectivity index (χ1n) is 5.09. The molecule has 2 heterocycles. The second-order valence-electron chi connectivity index (χ2n) is 3.81. The Labute approximate surface area is 92.6 Å². The van der Waals surface area contributed by atoms with E-state index in [0.29, 0.717) is 5.82 Å². The van der Waals surface area contributed by atoms with Crippen LogP contribution in [0.5, 0.6) is 5.75 Å². The molecule has 5 heteroatoms. The third-order valence-electron chi connectivity index (χ3n) is 2.79. The first-order chi connectivity index (χ1) is 7.75. The van der Waals surface area contributed by atoms with Crippen molar-refractivity contribution in [3.05, 3.63) is 30.1 Å². The highest BCUT2D eigenvalue weighted by atomic mass is 16.5. The largest absolute Gasteiger partial charge is 0.493 e. The number of imidazole rings is 1. The Hall–Kier alpha value is -2.17. The van der Waals surface area contributed by atoms with E-state index in [1.807, 2.05) is 12.1 Å². The molecule has 0 fully saturated rings. The normalized spacial score (nSPS) is 13.5. The van der Waals surface area contributed by atoms with E-state index in [1.165, 1.54) is 16.6 Å². The Balaban J connectivity index is 2.10. The first kappa shape index (κ1) is 9.08. The van der Waals surface area contributed by atoms with Gasteiger partial charge in [0.1, 0.15) is 23.6 Å². The number of ether oxygens (including phenoxy) is 1. The molecule has 0 saturated carbocycles. The number of nitrogens with zero attached hydrogens (tertiary/aromatic N) is 2. The first-order valence-corrected chi connectivity index (χ1v) is 5.09. The molecule has 1 aliphatic rings. The number of benzene rings is 1. The van der Waals surface area contributed by atoms with Gasteiger partial charge in [-0.3, -0.25) is 0 Å². The van der Waals surface area contributed by atoms with E-state index in [2.05, 4.69) is 11.1 Å². The molecule has 3 rings (SSSR count). The predicted octanol–water partition coefficient (Wildman–Crippen LogP) is 0.781. The number of nitrogens with two attached hydrogens (primary N) is 2. The van der Waals surface area contributed by atoms with Crippen LogP contribution in [0.15, 0.2) is 24.5 Å². The molecule has 1 aromatic heterocycles. The number of aromatic nitrogens is 2. The van der Waals surface area contributed by atoms with Crippen LogP contribution in [0.2, 0.25) is 0 Å². The summed E-state index contributed by atoms with van der Waals surface area (Å²) in [4.78, 5) is 4.18. The molecule has 0 amide bonds. The molecule has 0 aliphatic carbocycles. The molecular weight excluding hydrogens is 204 g/mol. The van der Waals surface area contributed by atoms with Crippen LogP contribution in [0, 0.1) is 0 Å². The Kier molecular flexibility index (Phi) is 1.80. The number of rotatable bonds is 1. The minimum Gasteiger partial charge on any atom is -0.493 e. The summed E-state index contributed by atoms with van der Waals surface area (Å²) in [5, 5.41) is 0. The zero-order valence-electron chi connectivity index (χ0n) is 8.68. The zero-order valence-corrected chi connectivity index (χ0v) is 8.68. The maximum Gasteiger partial charge on any atom is 0.150 e. The SMILES string of the molecule is Nc1c(-c2ccc3c(c2)CCO3)ncn1N. The van der Waals surface area contributed by atoms with Crippen molar-refractivity contribution in [1.82, 2.24) is 9.66 Å². The van der Waals surface area contributed by atoms with Crippen molar-refractivity contribution in [2.75, 3.05) is 18.2 Å². The second-order valence-corrected chi connectivity index (χ2v) is 3.81. The molecule has 1 aliphatic heterocycles. The topological polar surface area (TPSA) is 79.1 Å². The number of nitrogen functional groups attached to an aromatic ring is 2. The average molecular weight is 216 g/mol. The lowest BCUT2D eigenvalue weighted by Gasteiger charge is -2.03. The van der Waals surface area contributed by atoms with Crippen LogP contribution in [0.25, 0.3) is 11.3 Å². The highest BCUT2D eigenvalue weighted by molar-refractivity contribution is 5.72. The van der Waals surface area contributed by atoms with Crippen LogP contribution in [0.3, 0.4) is 0 Å². The van der Waals surface area contributed by atoms with Gasteiger partial charge in [-0.15, -0.1) is 0 Å². The summed E-state index contributed by atoms with van der Waals surface area (Å²) in [5.41, 5.74) is 8.72. The molecule has 0 atom stereocenters.